The fourth-order valence-corrected chi connectivity index (χ4v) is 2.67. The maximum absolute atomic E-state index is 5.66. The summed E-state index contributed by atoms with van der Waals surface area (Å²) in [5.41, 5.74) is 5.66. The third kappa shape index (κ3) is 7.19. The smallest absolute Gasteiger partial charge is 0.188 e. The molecule has 0 saturated carbocycles. The quantitative estimate of drug-likeness (QED) is 0.322. The van der Waals surface area contributed by atoms with E-state index in [9.17, 15) is 0 Å². The van der Waals surface area contributed by atoms with Gasteiger partial charge < -0.3 is 15.8 Å². The topological polar surface area (TPSA) is 72.5 Å². The van der Waals surface area contributed by atoms with Crippen molar-refractivity contribution in [3.63, 3.8) is 0 Å². The number of nitrogens with one attached hydrogen (secondary N) is 1. The molecule has 0 atom stereocenters. The molecular weight excluding hydrogens is 256 g/mol. The van der Waals surface area contributed by atoms with E-state index in [4.69, 9.17) is 10.5 Å². The first-order valence-electron chi connectivity index (χ1n) is 5.38. The third-order valence-corrected chi connectivity index (χ3v) is 3.88. The van der Waals surface area contributed by atoms with Gasteiger partial charge in [-0.1, -0.05) is 11.8 Å². The Balaban J connectivity index is 2.00. The van der Waals surface area contributed by atoms with Crippen LogP contribution in [0.1, 0.15) is 6.42 Å². The summed E-state index contributed by atoms with van der Waals surface area (Å²) in [5, 5.41) is 4.96. The molecular formula is C10H18N4OS2. The lowest BCUT2D eigenvalue weighted by Crippen LogP contribution is -2.34. The highest BCUT2D eigenvalue weighted by Gasteiger charge is 1.96. The van der Waals surface area contributed by atoms with E-state index < -0.39 is 0 Å². The largest absolute Gasteiger partial charge is 0.383 e. The molecule has 0 amide bonds. The lowest BCUT2D eigenvalue weighted by molar-refractivity contribution is 0.204. The Morgan fingerprint density at radius 2 is 2.59 bits per heavy atom. The maximum Gasteiger partial charge on any atom is 0.188 e. The average molecular weight is 274 g/mol. The number of ether oxygens (including phenoxy) is 1. The summed E-state index contributed by atoms with van der Waals surface area (Å²) >= 11 is 3.42. The van der Waals surface area contributed by atoms with E-state index in [0.717, 1.165) is 23.1 Å². The van der Waals surface area contributed by atoms with Crippen LogP contribution in [0.15, 0.2) is 20.9 Å². The van der Waals surface area contributed by atoms with Crippen molar-refractivity contribution >= 4 is 29.1 Å². The fourth-order valence-electron chi connectivity index (χ4n) is 1.04. The van der Waals surface area contributed by atoms with E-state index in [-0.39, 0.29) is 0 Å². The van der Waals surface area contributed by atoms with E-state index in [2.05, 4.69) is 15.3 Å². The van der Waals surface area contributed by atoms with E-state index >= 15 is 0 Å². The molecule has 1 heterocycles. The zero-order chi connectivity index (χ0) is 12.3. The van der Waals surface area contributed by atoms with Crippen molar-refractivity contribution in [2.75, 3.05) is 32.6 Å². The van der Waals surface area contributed by atoms with Crippen molar-refractivity contribution in [1.29, 1.82) is 0 Å². The number of nitrogens with zero attached hydrogens (tertiary/aromatic N) is 2. The van der Waals surface area contributed by atoms with Crippen molar-refractivity contribution in [3.8, 4) is 0 Å². The molecule has 0 saturated heterocycles. The molecule has 3 N–H and O–H groups in total. The first-order valence-corrected chi connectivity index (χ1v) is 7.24. The Morgan fingerprint density at radius 1 is 1.71 bits per heavy atom. The molecule has 1 aromatic rings. The zero-order valence-electron chi connectivity index (χ0n) is 9.89. The number of guanidine groups is 1. The van der Waals surface area contributed by atoms with Gasteiger partial charge in [-0.15, -0.1) is 11.3 Å². The number of aliphatic imine (C=N–C) groups is 1. The molecule has 1 rings (SSSR count). The summed E-state index contributed by atoms with van der Waals surface area (Å²) in [5.74, 6) is 1.50. The van der Waals surface area contributed by atoms with E-state index in [1.165, 1.54) is 0 Å². The number of rotatable bonds is 8. The second kappa shape index (κ2) is 9.26. The second-order valence-electron chi connectivity index (χ2n) is 3.19. The lowest BCUT2D eigenvalue weighted by atomic mass is 10.5. The summed E-state index contributed by atoms with van der Waals surface area (Å²) in [6, 6.07) is 0. The van der Waals surface area contributed by atoms with Crippen LogP contribution in [-0.4, -0.2) is 43.5 Å². The summed E-state index contributed by atoms with van der Waals surface area (Å²) in [6.45, 7) is 2.07. The molecule has 5 nitrogen and oxygen atoms in total. The van der Waals surface area contributed by atoms with Gasteiger partial charge in [0.25, 0.3) is 0 Å². The number of thioether (sulfide) groups is 1. The first-order chi connectivity index (χ1) is 8.33. The highest BCUT2D eigenvalue weighted by Crippen LogP contribution is 2.20. The van der Waals surface area contributed by atoms with Gasteiger partial charge in [-0.05, 0) is 6.42 Å². The van der Waals surface area contributed by atoms with Crippen molar-refractivity contribution < 1.29 is 4.74 Å². The van der Waals surface area contributed by atoms with Gasteiger partial charge in [0, 0.05) is 37.5 Å². The predicted molar refractivity (Wildman–Crippen MR) is 73.8 cm³/mol. The number of methoxy groups -OCH3 is 1. The molecule has 96 valence electrons. The van der Waals surface area contributed by atoms with Gasteiger partial charge in [-0.25, -0.2) is 4.98 Å². The van der Waals surface area contributed by atoms with Gasteiger partial charge in [0.15, 0.2) is 5.96 Å². The lowest BCUT2D eigenvalue weighted by Gasteiger charge is -2.04. The van der Waals surface area contributed by atoms with Crippen LogP contribution < -0.4 is 11.1 Å². The molecule has 0 spiro atoms. The van der Waals surface area contributed by atoms with Crippen LogP contribution in [0.4, 0.5) is 0 Å². The van der Waals surface area contributed by atoms with Crippen LogP contribution >= 0.6 is 23.1 Å². The zero-order valence-corrected chi connectivity index (χ0v) is 11.5. The maximum atomic E-state index is 5.66. The standard InChI is InChI=1S/C10H18N4OS2/c1-15-6-4-13-9(11)12-3-2-7-16-10-14-5-8-17-10/h5,8H,2-4,6-7H2,1H3,(H3,11,12,13). The van der Waals surface area contributed by atoms with Crippen LogP contribution in [0, 0.1) is 0 Å². The highest BCUT2D eigenvalue weighted by molar-refractivity contribution is 8.00. The number of nitrogens with two attached hydrogens (primary N) is 1. The van der Waals surface area contributed by atoms with E-state index in [0.29, 0.717) is 19.1 Å². The van der Waals surface area contributed by atoms with Crippen LogP contribution in [0.3, 0.4) is 0 Å². The summed E-state index contributed by atoms with van der Waals surface area (Å²) in [6.07, 6.45) is 2.82. The van der Waals surface area contributed by atoms with Gasteiger partial charge in [-0.2, -0.15) is 0 Å². The van der Waals surface area contributed by atoms with Crippen molar-refractivity contribution in [2.45, 2.75) is 10.8 Å². The second-order valence-corrected chi connectivity index (χ2v) is 5.42. The minimum absolute atomic E-state index is 0.487. The van der Waals surface area contributed by atoms with E-state index in [1.54, 1.807) is 30.2 Å². The normalized spacial score (nSPS) is 11.7. The predicted octanol–water partition coefficient (Wildman–Crippen LogP) is 1.18. The SMILES string of the molecule is COCCNC(N)=NCCCSc1nccs1. The Kier molecular flexibility index (Phi) is 7.78. The van der Waals surface area contributed by atoms with E-state index in [1.807, 2.05) is 11.6 Å². The minimum Gasteiger partial charge on any atom is -0.383 e. The van der Waals surface area contributed by atoms with Crippen molar-refractivity contribution in [3.05, 3.63) is 11.6 Å². The fraction of sp³-hybridized carbons (Fsp3) is 0.600. The molecule has 17 heavy (non-hydrogen) atoms. The molecule has 1 aromatic heterocycles. The summed E-state index contributed by atoms with van der Waals surface area (Å²) in [4.78, 5) is 8.41. The molecule has 0 aliphatic heterocycles. The Morgan fingerprint density at radius 3 is 3.29 bits per heavy atom. The molecule has 0 aromatic carbocycles. The third-order valence-electron chi connectivity index (χ3n) is 1.83. The molecule has 0 radical (unpaired) electrons. The Labute approximate surface area is 110 Å². The van der Waals surface area contributed by atoms with Crippen LogP contribution in [-0.2, 0) is 4.74 Å². The van der Waals surface area contributed by atoms with Gasteiger partial charge in [0.2, 0.25) is 0 Å². The number of hydrogen-bond donors (Lipinski definition) is 2. The molecule has 0 aliphatic rings. The Bertz CT molecular complexity index is 316. The number of thiazole rings is 1. The van der Waals surface area contributed by atoms with Crippen molar-refractivity contribution in [2.24, 2.45) is 10.7 Å². The van der Waals surface area contributed by atoms with Gasteiger partial charge in [0.05, 0.1) is 6.61 Å². The summed E-state index contributed by atoms with van der Waals surface area (Å²) in [7, 11) is 1.66. The average Bonchev–Trinajstić information content (AvgIpc) is 2.82. The highest BCUT2D eigenvalue weighted by atomic mass is 32.2. The van der Waals surface area contributed by atoms with Crippen LogP contribution in [0.2, 0.25) is 0 Å². The molecule has 0 bridgehead atoms. The molecule has 7 heteroatoms. The van der Waals surface area contributed by atoms with Crippen molar-refractivity contribution in [1.82, 2.24) is 10.3 Å². The van der Waals surface area contributed by atoms with Gasteiger partial charge in [-0.3, -0.25) is 4.99 Å². The Hall–Kier alpha value is -0.790. The number of aromatic nitrogens is 1. The molecule has 0 aliphatic carbocycles. The summed E-state index contributed by atoms with van der Waals surface area (Å²) < 4.78 is 6.01. The number of hydrogen-bond acceptors (Lipinski definition) is 5. The monoisotopic (exact) mass is 274 g/mol. The molecule has 0 fully saturated rings. The van der Waals surface area contributed by atoms with Gasteiger partial charge in [0.1, 0.15) is 4.34 Å². The first kappa shape index (κ1) is 14.3. The van der Waals surface area contributed by atoms with Gasteiger partial charge >= 0.3 is 0 Å². The minimum atomic E-state index is 0.487. The molecule has 0 unspecified atom stereocenters. The van der Waals surface area contributed by atoms with Crippen LogP contribution in [0.25, 0.3) is 0 Å². The van der Waals surface area contributed by atoms with Crippen LogP contribution in [0.5, 0.6) is 0 Å².